The lowest BCUT2D eigenvalue weighted by molar-refractivity contribution is 0.139. The van der Waals surface area contributed by atoms with E-state index in [1.54, 1.807) is 0 Å². The quantitative estimate of drug-likeness (QED) is 0.820. The van der Waals surface area contributed by atoms with Crippen LogP contribution < -0.4 is 0 Å². The average Bonchev–Trinajstić information content (AvgIpc) is 3.12. The Morgan fingerprint density at radius 3 is 2.71 bits per heavy atom. The van der Waals surface area contributed by atoms with Crippen molar-refractivity contribution in [2.45, 2.75) is 38.2 Å². The van der Waals surface area contributed by atoms with Gasteiger partial charge >= 0.3 is 0 Å². The highest BCUT2D eigenvalue weighted by Gasteiger charge is 2.29. The smallest absolute Gasteiger partial charge is 0.143 e. The second kappa shape index (κ2) is 5.44. The van der Waals surface area contributed by atoms with Crippen LogP contribution in [-0.2, 0) is 6.42 Å². The Bertz CT molecular complexity index is 405. The van der Waals surface area contributed by atoms with Crippen LogP contribution >= 0.6 is 15.9 Å². The molecule has 0 heterocycles. The Morgan fingerprint density at radius 2 is 2.06 bits per heavy atom. The van der Waals surface area contributed by atoms with E-state index >= 15 is 0 Å². The van der Waals surface area contributed by atoms with Gasteiger partial charge in [-0.1, -0.05) is 0 Å². The third-order valence-electron chi connectivity index (χ3n) is 3.23. The summed E-state index contributed by atoms with van der Waals surface area (Å²) < 4.78 is 27.3. The van der Waals surface area contributed by atoms with E-state index in [2.05, 4.69) is 15.9 Å². The number of rotatable bonds is 5. The Balaban J connectivity index is 1.91. The van der Waals surface area contributed by atoms with Gasteiger partial charge < -0.3 is 5.11 Å². The molecule has 94 valence electrons. The molecule has 0 radical (unpaired) electrons. The van der Waals surface area contributed by atoms with Crippen LogP contribution in [0.2, 0.25) is 0 Å². The number of halogens is 3. The van der Waals surface area contributed by atoms with Crippen molar-refractivity contribution in [3.05, 3.63) is 33.8 Å². The van der Waals surface area contributed by atoms with Gasteiger partial charge in [0, 0.05) is 5.56 Å². The minimum absolute atomic E-state index is 0.113. The molecule has 17 heavy (non-hydrogen) atoms. The van der Waals surface area contributed by atoms with Crippen molar-refractivity contribution in [2.24, 2.45) is 5.92 Å². The maximum absolute atomic E-state index is 13.6. The highest BCUT2D eigenvalue weighted by Crippen LogP contribution is 2.34. The zero-order chi connectivity index (χ0) is 12.4. The van der Waals surface area contributed by atoms with Crippen LogP contribution in [0.3, 0.4) is 0 Å². The van der Waals surface area contributed by atoms with Crippen LogP contribution in [0.5, 0.6) is 0 Å². The third kappa shape index (κ3) is 3.26. The van der Waals surface area contributed by atoms with Gasteiger partial charge in [-0.05, 0) is 66.1 Å². The summed E-state index contributed by atoms with van der Waals surface area (Å²) in [5.74, 6) is -0.607. The van der Waals surface area contributed by atoms with Crippen LogP contribution in [0, 0.1) is 17.6 Å². The Kier molecular flexibility index (Phi) is 4.15. The number of benzene rings is 1. The van der Waals surface area contributed by atoms with Gasteiger partial charge in [-0.3, -0.25) is 0 Å². The first-order valence-corrected chi connectivity index (χ1v) is 6.69. The third-order valence-corrected chi connectivity index (χ3v) is 3.84. The second-order valence-corrected chi connectivity index (χ2v) is 5.47. The van der Waals surface area contributed by atoms with E-state index in [1.807, 2.05) is 0 Å². The molecular formula is C13H15BrF2O. The SMILES string of the molecule is OC(CCCc1c(F)ccc(Br)c1F)C1CC1. The molecule has 1 N–H and O–H groups in total. The summed E-state index contributed by atoms with van der Waals surface area (Å²) >= 11 is 3.04. The first-order chi connectivity index (χ1) is 8.09. The number of hydrogen-bond acceptors (Lipinski definition) is 1. The summed E-state index contributed by atoms with van der Waals surface area (Å²) in [5, 5.41) is 9.66. The molecule has 0 aromatic heterocycles. The lowest BCUT2D eigenvalue weighted by Crippen LogP contribution is -2.09. The van der Waals surface area contributed by atoms with E-state index in [4.69, 9.17) is 0 Å². The topological polar surface area (TPSA) is 20.2 Å². The van der Waals surface area contributed by atoms with Crippen molar-refractivity contribution < 1.29 is 13.9 Å². The molecule has 1 unspecified atom stereocenters. The van der Waals surface area contributed by atoms with Crippen LogP contribution in [0.1, 0.15) is 31.2 Å². The summed E-state index contributed by atoms with van der Waals surface area (Å²) in [6, 6.07) is 2.63. The molecule has 2 rings (SSSR count). The van der Waals surface area contributed by atoms with Gasteiger partial charge in [0.25, 0.3) is 0 Å². The van der Waals surface area contributed by atoms with Crippen LogP contribution in [0.25, 0.3) is 0 Å². The molecule has 1 nitrogen and oxygen atoms in total. The summed E-state index contributed by atoms with van der Waals surface area (Å²) in [6.07, 6.45) is 3.44. The number of aliphatic hydroxyl groups is 1. The van der Waals surface area contributed by atoms with Crippen molar-refractivity contribution in [3.63, 3.8) is 0 Å². The maximum Gasteiger partial charge on any atom is 0.143 e. The van der Waals surface area contributed by atoms with Crippen molar-refractivity contribution in [3.8, 4) is 0 Å². The lowest BCUT2D eigenvalue weighted by Gasteiger charge is -2.10. The molecular weight excluding hydrogens is 290 g/mol. The average molecular weight is 305 g/mol. The number of aliphatic hydroxyl groups excluding tert-OH is 1. The molecule has 1 saturated carbocycles. The molecule has 0 amide bonds. The van der Waals surface area contributed by atoms with Crippen LogP contribution in [0.4, 0.5) is 8.78 Å². The van der Waals surface area contributed by atoms with Gasteiger partial charge in [0.15, 0.2) is 0 Å². The maximum atomic E-state index is 13.6. The van der Waals surface area contributed by atoms with E-state index in [1.165, 1.54) is 12.1 Å². The highest BCUT2D eigenvalue weighted by molar-refractivity contribution is 9.10. The Morgan fingerprint density at radius 1 is 1.35 bits per heavy atom. The normalized spacial score (nSPS) is 17.2. The van der Waals surface area contributed by atoms with E-state index < -0.39 is 11.6 Å². The molecule has 1 aromatic carbocycles. The summed E-state index contributed by atoms with van der Waals surface area (Å²) in [7, 11) is 0. The van der Waals surface area contributed by atoms with Gasteiger partial charge in [0.2, 0.25) is 0 Å². The van der Waals surface area contributed by atoms with Gasteiger partial charge in [-0.25, -0.2) is 8.78 Å². The minimum atomic E-state index is -0.522. The highest BCUT2D eigenvalue weighted by atomic mass is 79.9. The molecule has 1 aliphatic rings. The first kappa shape index (κ1) is 13.0. The van der Waals surface area contributed by atoms with Gasteiger partial charge in [-0.15, -0.1) is 0 Å². The fourth-order valence-electron chi connectivity index (χ4n) is 2.00. The van der Waals surface area contributed by atoms with Crippen LogP contribution in [-0.4, -0.2) is 11.2 Å². The molecule has 1 aromatic rings. The zero-order valence-electron chi connectivity index (χ0n) is 9.43. The lowest BCUT2D eigenvalue weighted by atomic mass is 10.0. The largest absolute Gasteiger partial charge is 0.393 e. The molecule has 0 aliphatic heterocycles. The summed E-state index contributed by atoms with van der Waals surface area (Å²) in [6.45, 7) is 0. The number of hydrogen-bond donors (Lipinski definition) is 1. The molecule has 0 bridgehead atoms. The minimum Gasteiger partial charge on any atom is -0.393 e. The molecule has 0 spiro atoms. The van der Waals surface area contributed by atoms with Gasteiger partial charge in [0.1, 0.15) is 11.6 Å². The predicted octanol–water partition coefficient (Wildman–Crippen LogP) is 3.82. The summed E-state index contributed by atoms with van der Waals surface area (Å²) in [4.78, 5) is 0. The first-order valence-electron chi connectivity index (χ1n) is 5.90. The fourth-order valence-corrected chi connectivity index (χ4v) is 2.37. The Hall–Kier alpha value is -0.480. The monoisotopic (exact) mass is 304 g/mol. The van der Waals surface area contributed by atoms with Crippen molar-refractivity contribution in [1.29, 1.82) is 0 Å². The van der Waals surface area contributed by atoms with Crippen molar-refractivity contribution in [1.82, 2.24) is 0 Å². The fraction of sp³-hybridized carbons (Fsp3) is 0.538. The Labute approximate surface area is 108 Å². The van der Waals surface area contributed by atoms with E-state index in [0.717, 1.165) is 12.8 Å². The molecule has 1 fully saturated rings. The van der Waals surface area contributed by atoms with E-state index in [0.29, 0.717) is 25.2 Å². The standard InChI is InChI=1S/C13H15BrF2O/c14-10-6-7-11(15)9(13(10)16)2-1-3-12(17)8-4-5-8/h6-8,12,17H,1-5H2. The van der Waals surface area contributed by atoms with Crippen molar-refractivity contribution in [2.75, 3.05) is 0 Å². The molecule has 0 saturated heterocycles. The summed E-state index contributed by atoms with van der Waals surface area (Å²) in [5.41, 5.74) is 0.113. The molecule has 1 aliphatic carbocycles. The van der Waals surface area contributed by atoms with E-state index in [9.17, 15) is 13.9 Å². The van der Waals surface area contributed by atoms with Gasteiger partial charge in [0.05, 0.1) is 10.6 Å². The van der Waals surface area contributed by atoms with Crippen molar-refractivity contribution >= 4 is 15.9 Å². The second-order valence-electron chi connectivity index (χ2n) is 4.62. The molecule has 1 atom stereocenters. The predicted molar refractivity (Wildman–Crippen MR) is 65.7 cm³/mol. The van der Waals surface area contributed by atoms with E-state index in [-0.39, 0.29) is 16.1 Å². The molecule has 4 heteroatoms. The van der Waals surface area contributed by atoms with Gasteiger partial charge in [-0.2, -0.15) is 0 Å². The van der Waals surface area contributed by atoms with Crippen LogP contribution in [0.15, 0.2) is 16.6 Å². The zero-order valence-corrected chi connectivity index (χ0v) is 11.0.